The molecular formula is C21H38Cl2N2OS. The molecule has 2 aromatic rings. The molecule has 1 aliphatic heterocycles. The van der Waals surface area contributed by atoms with Crippen LogP contribution in [0.5, 0.6) is 0 Å². The third-order valence-corrected chi connectivity index (χ3v) is 5.15. The highest BCUT2D eigenvalue weighted by Gasteiger charge is 2.11. The summed E-state index contributed by atoms with van der Waals surface area (Å²) in [5.41, 5.74) is 1.22. The molecule has 1 atom stereocenters. The molecule has 1 unspecified atom stereocenters. The maximum absolute atomic E-state index is 5.56. The molecule has 2 aromatic heterocycles. The second-order valence-corrected chi connectivity index (χ2v) is 7.50. The van der Waals surface area contributed by atoms with E-state index in [9.17, 15) is 0 Å². The molecule has 0 aromatic carbocycles. The van der Waals surface area contributed by atoms with E-state index in [0.717, 1.165) is 32.0 Å². The molecule has 3 rings (SSSR count). The van der Waals surface area contributed by atoms with Gasteiger partial charge in [0, 0.05) is 30.5 Å². The Labute approximate surface area is 181 Å². The van der Waals surface area contributed by atoms with Gasteiger partial charge in [-0.05, 0) is 36.8 Å². The van der Waals surface area contributed by atoms with Gasteiger partial charge in [-0.2, -0.15) is 0 Å². The Kier molecular flexibility index (Phi) is 21.5. The number of aromatic nitrogens is 2. The zero-order valence-corrected chi connectivity index (χ0v) is 16.9. The zero-order valence-electron chi connectivity index (χ0n) is 14.6. The topological polar surface area (TPSA) is 35.0 Å². The van der Waals surface area contributed by atoms with Crippen LogP contribution in [0.1, 0.15) is 66.3 Å². The Bertz CT molecular complexity index is 556. The summed E-state index contributed by atoms with van der Waals surface area (Å²) < 4.78 is 5.79. The van der Waals surface area contributed by atoms with Gasteiger partial charge in [0.2, 0.25) is 0 Å². The fraction of sp³-hybridized carbons (Fsp3) is 0.619. The summed E-state index contributed by atoms with van der Waals surface area (Å²) in [6.45, 7) is 8.41. The van der Waals surface area contributed by atoms with E-state index in [-0.39, 0.29) is 22.3 Å². The number of rotatable bonds is 3. The van der Waals surface area contributed by atoms with E-state index in [4.69, 9.17) is 27.9 Å². The first kappa shape index (κ1) is 31.0. The van der Waals surface area contributed by atoms with Crippen LogP contribution in [0.2, 0.25) is 9.62 Å². The number of hydrogen-bond donors (Lipinski definition) is 0. The smallest absolute Gasteiger partial charge is 0.183 e. The van der Waals surface area contributed by atoms with Gasteiger partial charge in [0.15, 0.2) is 4.47 Å². The zero-order chi connectivity index (χ0) is 17.8. The molecule has 1 saturated heterocycles. The number of pyridine rings is 1. The van der Waals surface area contributed by atoms with Crippen molar-refractivity contribution in [3.8, 4) is 0 Å². The van der Waals surface area contributed by atoms with Gasteiger partial charge in [0.05, 0.1) is 0 Å². The predicted octanol–water partition coefficient (Wildman–Crippen LogP) is 8.00. The minimum atomic E-state index is 0. The molecule has 1 fully saturated rings. The van der Waals surface area contributed by atoms with Gasteiger partial charge in [-0.15, -0.1) is 11.3 Å². The van der Waals surface area contributed by atoms with Crippen molar-refractivity contribution in [2.45, 2.75) is 68.7 Å². The molecule has 0 aliphatic carbocycles. The maximum atomic E-state index is 5.56. The largest absolute Gasteiger partial charge is 0.381 e. The van der Waals surface area contributed by atoms with Crippen molar-refractivity contribution in [3.05, 3.63) is 44.6 Å². The van der Waals surface area contributed by atoms with Crippen molar-refractivity contribution < 1.29 is 4.74 Å². The lowest BCUT2D eigenvalue weighted by molar-refractivity contribution is 0.185. The molecule has 27 heavy (non-hydrogen) atoms. The van der Waals surface area contributed by atoms with Crippen LogP contribution in [0.3, 0.4) is 0 Å². The fourth-order valence-electron chi connectivity index (χ4n) is 1.97. The van der Waals surface area contributed by atoms with E-state index in [1.54, 1.807) is 23.6 Å². The average molecular weight is 438 g/mol. The Morgan fingerprint density at radius 2 is 1.74 bits per heavy atom. The normalized spacial score (nSPS) is 14.2. The molecule has 0 saturated carbocycles. The van der Waals surface area contributed by atoms with E-state index < -0.39 is 0 Å². The second kappa shape index (κ2) is 18.7. The Morgan fingerprint density at radius 3 is 2.04 bits per heavy atom. The van der Waals surface area contributed by atoms with Crippen molar-refractivity contribution in [2.75, 3.05) is 13.2 Å². The summed E-state index contributed by atoms with van der Waals surface area (Å²) in [6.07, 6.45) is 8.24. The quantitative estimate of drug-likeness (QED) is 0.456. The minimum Gasteiger partial charge on any atom is -0.381 e. The van der Waals surface area contributed by atoms with Crippen LogP contribution in [-0.2, 0) is 17.6 Å². The molecular weight excluding hydrogens is 399 g/mol. The third-order valence-electron chi connectivity index (χ3n) is 3.67. The van der Waals surface area contributed by atoms with Gasteiger partial charge in [-0.25, -0.2) is 9.97 Å². The van der Waals surface area contributed by atoms with E-state index >= 15 is 0 Å². The first-order chi connectivity index (χ1) is 11.6. The van der Waals surface area contributed by atoms with E-state index in [0.29, 0.717) is 9.62 Å². The number of nitrogens with zero attached hydrogens (tertiary/aromatic N) is 2. The SMILES string of the molecule is C.C.C.CCC1CCOC1.CCc1ccc(Cl)nc1.CCc1cnc(Cl)s1. The highest BCUT2D eigenvalue weighted by atomic mass is 35.5. The van der Waals surface area contributed by atoms with Gasteiger partial charge in [-0.3, -0.25) is 0 Å². The lowest BCUT2D eigenvalue weighted by Crippen LogP contribution is -1.94. The number of aryl methyl sites for hydroxylation is 2. The molecule has 3 nitrogen and oxygen atoms in total. The molecule has 0 spiro atoms. The first-order valence-corrected chi connectivity index (χ1v) is 9.94. The molecule has 1 aliphatic rings. The van der Waals surface area contributed by atoms with Crippen molar-refractivity contribution in [1.82, 2.24) is 9.97 Å². The predicted molar refractivity (Wildman–Crippen MR) is 125 cm³/mol. The summed E-state index contributed by atoms with van der Waals surface area (Å²) in [6, 6.07) is 3.79. The Hall–Kier alpha value is -0.680. The van der Waals surface area contributed by atoms with Gasteiger partial charge in [0.25, 0.3) is 0 Å². The Morgan fingerprint density at radius 1 is 1.04 bits per heavy atom. The molecule has 3 heterocycles. The van der Waals surface area contributed by atoms with Crippen LogP contribution in [0, 0.1) is 5.92 Å². The van der Waals surface area contributed by atoms with Crippen molar-refractivity contribution >= 4 is 34.5 Å². The molecule has 0 bridgehead atoms. The molecule has 0 radical (unpaired) electrons. The van der Waals surface area contributed by atoms with E-state index in [2.05, 4.69) is 30.7 Å². The summed E-state index contributed by atoms with van der Waals surface area (Å²) in [5, 5.41) is 0.562. The summed E-state index contributed by atoms with van der Waals surface area (Å²) in [4.78, 5) is 9.03. The van der Waals surface area contributed by atoms with Crippen molar-refractivity contribution in [3.63, 3.8) is 0 Å². The number of hydrogen-bond acceptors (Lipinski definition) is 4. The average Bonchev–Trinajstić information content (AvgIpc) is 3.28. The summed E-state index contributed by atoms with van der Waals surface area (Å²) in [5.74, 6) is 0.875. The summed E-state index contributed by atoms with van der Waals surface area (Å²) >= 11 is 12.6. The lowest BCUT2D eigenvalue weighted by atomic mass is 10.1. The highest BCUT2D eigenvalue weighted by molar-refractivity contribution is 7.15. The summed E-state index contributed by atoms with van der Waals surface area (Å²) in [7, 11) is 0. The van der Waals surface area contributed by atoms with E-state index in [1.165, 1.54) is 23.3 Å². The molecule has 6 heteroatoms. The number of ether oxygens (including phenoxy) is 1. The van der Waals surface area contributed by atoms with Crippen LogP contribution >= 0.6 is 34.5 Å². The standard InChI is InChI=1S/C7H8ClN.C6H12O.C5H6ClNS.3CH4/c1-2-6-3-4-7(8)9-5-6;1-2-6-3-4-7-5-6;1-2-4-3-7-5(6)8-4;;;/h3-5H,2H2,1H3;6H,2-5H2,1H3;3H,2H2,1H3;3*1H4. The first-order valence-electron chi connectivity index (χ1n) is 8.37. The molecule has 158 valence electrons. The number of halogens is 2. The van der Waals surface area contributed by atoms with Gasteiger partial charge in [-0.1, -0.05) is 78.7 Å². The van der Waals surface area contributed by atoms with Crippen LogP contribution in [0.15, 0.2) is 24.5 Å². The van der Waals surface area contributed by atoms with Gasteiger partial charge >= 0.3 is 0 Å². The van der Waals surface area contributed by atoms with Gasteiger partial charge < -0.3 is 4.74 Å². The van der Waals surface area contributed by atoms with Crippen molar-refractivity contribution in [1.29, 1.82) is 0 Å². The van der Waals surface area contributed by atoms with Crippen molar-refractivity contribution in [2.24, 2.45) is 5.92 Å². The molecule has 0 amide bonds. The lowest BCUT2D eigenvalue weighted by Gasteiger charge is -1.97. The third kappa shape index (κ3) is 14.0. The minimum absolute atomic E-state index is 0. The number of thiazole rings is 1. The van der Waals surface area contributed by atoms with Crippen LogP contribution in [-0.4, -0.2) is 23.2 Å². The maximum Gasteiger partial charge on any atom is 0.183 e. The van der Waals surface area contributed by atoms with Crippen LogP contribution < -0.4 is 0 Å². The Balaban J connectivity index is -0.000000305. The van der Waals surface area contributed by atoms with Gasteiger partial charge in [0.1, 0.15) is 5.15 Å². The van der Waals surface area contributed by atoms with E-state index in [1.807, 2.05) is 12.3 Å². The van der Waals surface area contributed by atoms with Crippen LogP contribution in [0.25, 0.3) is 0 Å². The van der Waals surface area contributed by atoms with Crippen LogP contribution in [0.4, 0.5) is 0 Å². The molecule has 0 N–H and O–H groups in total. The second-order valence-electron chi connectivity index (χ2n) is 5.41. The highest BCUT2D eigenvalue weighted by Crippen LogP contribution is 2.17. The fourth-order valence-corrected chi connectivity index (χ4v) is 3.00. The monoisotopic (exact) mass is 436 g/mol.